The lowest BCUT2D eigenvalue weighted by atomic mass is 9.81. The minimum absolute atomic E-state index is 0.230. The molecule has 2 unspecified atom stereocenters. The van der Waals surface area contributed by atoms with Crippen LogP contribution in [0.4, 0.5) is 14.5 Å². The number of halogens is 2. The first-order valence-electron chi connectivity index (χ1n) is 9.75. The third-order valence-electron chi connectivity index (χ3n) is 5.91. The zero-order valence-corrected chi connectivity index (χ0v) is 16.9. The summed E-state index contributed by atoms with van der Waals surface area (Å²) in [6, 6.07) is 17.8. The predicted octanol–water partition coefficient (Wildman–Crippen LogP) is 4.42. The number of amidine groups is 1. The normalized spacial score (nSPS) is 23.2. The number of thioether (sulfide) groups is 1. The van der Waals surface area contributed by atoms with E-state index in [4.69, 9.17) is 10.7 Å². The number of fused-ring (bicyclic) bond motifs is 1. The van der Waals surface area contributed by atoms with Crippen molar-refractivity contribution in [1.29, 1.82) is 0 Å². The molecule has 1 saturated heterocycles. The zero-order chi connectivity index (χ0) is 20.7. The van der Waals surface area contributed by atoms with Crippen molar-refractivity contribution in [2.45, 2.75) is 5.54 Å². The lowest BCUT2D eigenvalue weighted by molar-refractivity contribution is 0.388. The molecule has 2 atom stereocenters. The molecule has 3 aromatic rings. The van der Waals surface area contributed by atoms with Crippen LogP contribution in [0.25, 0.3) is 11.1 Å². The standard InChI is InChI=1S/C23H20F2N4S/c24-18-6-8-19(9-7-18)29-12-17-13-30-22(26)28-23(17,14-29)16-4-1-3-15(11-16)20-5-2-10-27-21(20)25/h1-11,17H,12-14H2,(H2,26,28). The summed E-state index contributed by atoms with van der Waals surface area (Å²) in [4.78, 5) is 10.9. The molecule has 1 fully saturated rings. The fraction of sp³-hybridized carbons (Fsp3) is 0.217. The highest BCUT2D eigenvalue weighted by Gasteiger charge is 2.50. The van der Waals surface area contributed by atoms with Crippen LogP contribution in [0, 0.1) is 17.7 Å². The fourth-order valence-corrected chi connectivity index (χ4v) is 5.41. The Balaban J connectivity index is 1.58. The molecule has 2 aliphatic rings. The molecule has 0 bridgehead atoms. The van der Waals surface area contributed by atoms with Crippen molar-refractivity contribution >= 4 is 22.6 Å². The number of benzene rings is 2. The number of hydrogen-bond acceptors (Lipinski definition) is 5. The van der Waals surface area contributed by atoms with E-state index in [1.807, 2.05) is 24.3 Å². The van der Waals surface area contributed by atoms with Gasteiger partial charge in [0.25, 0.3) is 0 Å². The van der Waals surface area contributed by atoms with E-state index < -0.39 is 11.5 Å². The summed E-state index contributed by atoms with van der Waals surface area (Å²) in [5.74, 6) is 0.326. The lowest BCUT2D eigenvalue weighted by Gasteiger charge is -2.35. The smallest absolute Gasteiger partial charge is 0.220 e. The van der Waals surface area contributed by atoms with E-state index >= 15 is 0 Å². The Hall–Kier alpha value is -2.93. The molecule has 30 heavy (non-hydrogen) atoms. The molecule has 2 aromatic carbocycles. The summed E-state index contributed by atoms with van der Waals surface area (Å²) < 4.78 is 27.7. The highest BCUT2D eigenvalue weighted by molar-refractivity contribution is 8.13. The van der Waals surface area contributed by atoms with Gasteiger partial charge in [-0.15, -0.1) is 0 Å². The Morgan fingerprint density at radius 2 is 1.90 bits per heavy atom. The van der Waals surface area contributed by atoms with Gasteiger partial charge in [-0.05, 0) is 53.6 Å². The summed E-state index contributed by atoms with van der Waals surface area (Å²) in [5.41, 5.74) is 8.82. The van der Waals surface area contributed by atoms with Crippen LogP contribution in [-0.2, 0) is 5.54 Å². The summed E-state index contributed by atoms with van der Waals surface area (Å²) in [5, 5.41) is 0.560. The van der Waals surface area contributed by atoms with Gasteiger partial charge in [0.2, 0.25) is 5.95 Å². The maximum Gasteiger partial charge on any atom is 0.220 e. The molecular formula is C23H20F2N4S. The van der Waals surface area contributed by atoms with E-state index in [2.05, 4.69) is 9.88 Å². The molecule has 0 spiro atoms. The SMILES string of the molecule is NC1=NC2(c3cccc(-c4cccnc4F)c3)CN(c3ccc(F)cc3)CC2CS1. The largest absolute Gasteiger partial charge is 0.379 e. The molecule has 3 heterocycles. The van der Waals surface area contributed by atoms with Gasteiger partial charge < -0.3 is 10.6 Å². The van der Waals surface area contributed by atoms with Gasteiger partial charge in [0.1, 0.15) is 11.4 Å². The molecular weight excluding hydrogens is 402 g/mol. The van der Waals surface area contributed by atoms with Crippen molar-refractivity contribution in [3.05, 3.63) is 84.2 Å². The van der Waals surface area contributed by atoms with Gasteiger partial charge in [0.15, 0.2) is 5.17 Å². The Bertz CT molecular complexity index is 1120. The van der Waals surface area contributed by atoms with Crippen LogP contribution in [0.15, 0.2) is 71.9 Å². The van der Waals surface area contributed by atoms with Crippen molar-refractivity contribution in [1.82, 2.24) is 4.98 Å². The average Bonchev–Trinajstić information content (AvgIpc) is 3.15. The van der Waals surface area contributed by atoms with E-state index in [-0.39, 0.29) is 11.7 Å². The number of aromatic nitrogens is 1. The van der Waals surface area contributed by atoms with Crippen molar-refractivity contribution in [3.63, 3.8) is 0 Å². The molecule has 7 heteroatoms. The minimum Gasteiger partial charge on any atom is -0.379 e. The molecule has 0 radical (unpaired) electrons. The van der Waals surface area contributed by atoms with Gasteiger partial charge in [-0.25, -0.2) is 14.4 Å². The van der Waals surface area contributed by atoms with Crippen LogP contribution >= 0.6 is 11.8 Å². The molecule has 1 aromatic heterocycles. The number of pyridine rings is 1. The molecule has 2 N–H and O–H groups in total. The van der Waals surface area contributed by atoms with Crippen LogP contribution in [-0.4, -0.2) is 29.0 Å². The molecule has 0 aliphatic carbocycles. The second-order valence-corrected chi connectivity index (χ2v) is 8.70. The summed E-state index contributed by atoms with van der Waals surface area (Å²) in [6.45, 7) is 1.42. The van der Waals surface area contributed by atoms with Gasteiger partial charge in [0.05, 0.1) is 0 Å². The maximum absolute atomic E-state index is 14.3. The quantitative estimate of drug-likeness (QED) is 0.635. The van der Waals surface area contributed by atoms with E-state index in [0.29, 0.717) is 17.3 Å². The first-order valence-corrected chi connectivity index (χ1v) is 10.7. The van der Waals surface area contributed by atoms with Crippen molar-refractivity contribution in [2.24, 2.45) is 16.6 Å². The topological polar surface area (TPSA) is 54.5 Å². The van der Waals surface area contributed by atoms with Crippen LogP contribution < -0.4 is 10.6 Å². The number of hydrogen-bond donors (Lipinski definition) is 1. The number of nitrogens with zero attached hydrogens (tertiary/aromatic N) is 3. The average molecular weight is 423 g/mol. The van der Waals surface area contributed by atoms with Crippen molar-refractivity contribution < 1.29 is 8.78 Å². The molecule has 152 valence electrons. The van der Waals surface area contributed by atoms with Crippen LogP contribution in [0.1, 0.15) is 5.56 Å². The van der Waals surface area contributed by atoms with Crippen molar-refractivity contribution in [3.8, 4) is 11.1 Å². The molecule has 0 amide bonds. The first-order chi connectivity index (χ1) is 14.5. The predicted molar refractivity (Wildman–Crippen MR) is 117 cm³/mol. The van der Waals surface area contributed by atoms with E-state index in [1.54, 1.807) is 36.0 Å². The lowest BCUT2D eigenvalue weighted by Crippen LogP contribution is -2.40. The first kappa shape index (κ1) is 19.1. The summed E-state index contributed by atoms with van der Waals surface area (Å²) in [7, 11) is 0. The Morgan fingerprint density at radius 3 is 2.70 bits per heavy atom. The number of rotatable bonds is 3. The Kier molecular flexibility index (Phi) is 4.70. The van der Waals surface area contributed by atoms with Gasteiger partial charge in [0, 0.05) is 42.2 Å². The molecule has 0 saturated carbocycles. The number of aliphatic imine (C=N–C) groups is 1. The van der Waals surface area contributed by atoms with Crippen LogP contribution in [0.3, 0.4) is 0 Å². The van der Waals surface area contributed by atoms with E-state index in [9.17, 15) is 8.78 Å². The third-order valence-corrected chi connectivity index (χ3v) is 6.87. The Morgan fingerprint density at radius 1 is 1.07 bits per heavy atom. The van der Waals surface area contributed by atoms with E-state index in [0.717, 1.165) is 29.1 Å². The number of nitrogens with two attached hydrogens (primary N) is 1. The summed E-state index contributed by atoms with van der Waals surface area (Å²) >= 11 is 1.56. The van der Waals surface area contributed by atoms with Crippen molar-refractivity contribution in [2.75, 3.05) is 23.7 Å². The second-order valence-electron chi connectivity index (χ2n) is 7.66. The van der Waals surface area contributed by atoms with Gasteiger partial charge in [-0.1, -0.05) is 30.0 Å². The molecule has 5 rings (SSSR count). The monoisotopic (exact) mass is 422 g/mol. The number of anilines is 1. The van der Waals surface area contributed by atoms with Gasteiger partial charge >= 0.3 is 0 Å². The maximum atomic E-state index is 14.3. The molecule has 2 aliphatic heterocycles. The highest BCUT2D eigenvalue weighted by Crippen LogP contribution is 2.47. The van der Waals surface area contributed by atoms with Gasteiger partial charge in [-0.3, -0.25) is 0 Å². The van der Waals surface area contributed by atoms with Gasteiger partial charge in [-0.2, -0.15) is 4.39 Å². The minimum atomic E-state index is -0.529. The highest BCUT2D eigenvalue weighted by atomic mass is 32.2. The zero-order valence-electron chi connectivity index (χ0n) is 16.1. The van der Waals surface area contributed by atoms with Crippen LogP contribution in [0.2, 0.25) is 0 Å². The second kappa shape index (κ2) is 7.40. The Labute approximate surface area is 177 Å². The molecule has 4 nitrogen and oxygen atoms in total. The van der Waals surface area contributed by atoms with E-state index in [1.165, 1.54) is 18.3 Å². The fourth-order valence-electron chi connectivity index (χ4n) is 4.43. The summed E-state index contributed by atoms with van der Waals surface area (Å²) in [6.07, 6.45) is 1.44. The van der Waals surface area contributed by atoms with Crippen LogP contribution in [0.5, 0.6) is 0 Å². The third kappa shape index (κ3) is 3.23.